The molecule has 1 aromatic heterocycles. The Bertz CT molecular complexity index is 1240. The van der Waals surface area contributed by atoms with E-state index in [1.165, 1.54) is 5.69 Å². The van der Waals surface area contributed by atoms with Crippen molar-refractivity contribution in [3.63, 3.8) is 0 Å². The van der Waals surface area contributed by atoms with Crippen molar-refractivity contribution in [2.24, 2.45) is 0 Å². The van der Waals surface area contributed by atoms with Gasteiger partial charge in [0.15, 0.2) is 0 Å². The van der Waals surface area contributed by atoms with Gasteiger partial charge in [0.25, 0.3) is 5.91 Å². The predicted octanol–water partition coefficient (Wildman–Crippen LogP) is 5.69. The number of nitrogens with one attached hydrogen (secondary N) is 1. The molecule has 33 heavy (non-hydrogen) atoms. The molecule has 7 heteroatoms. The number of nitrogens with zero attached hydrogens (tertiary/aromatic N) is 3. The predicted molar refractivity (Wildman–Crippen MR) is 134 cm³/mol. The lowest BCUT2D eigenvalue weighted by atomic mass is 10.2. The van der Waals surface area contributed by atoms with Crippen LogP contribution in [0.3, 0.4) is 0 Å². The fraction of sp³-hybridized carbons (Fsp3) is 0.231. The maximum Gasteiger partial charge on any atom is 0.333 e. The highest BCUT2D eigenvalue weighted by Crippen LogP contribution is 2.28. The Labute approximate surface area is 199 Å². The first-order chi connectivity index (χ1) is 15.8. The Morgan fingerprint density at radius 3 is 2.30 bits per heavy atom. The number of rotatable bonds is 6. The van der Waals surface area contributed by atoms with Crippen LogP contribution in [0.4, 0.5) is 16.2 Å². The lowest BCUT2D eigenvalue weighted by Crippen LogP contribution is -2.30. The van der Waals surface area contributed by atoms with Crippen molar-refractivity contribution in [2.45, 2.75) is 27.7 Å². The smallest absolute Gasteiger partial charge is 0.333 e. The fourth-order valence-corrected chi connectivity index (χ4v) is 4.46. The van der Waals surface area contributed by atoms with Gasteiger partial charge < -0.3 is 14.8 Å². The van der Waals surface area contributed by atoms with E-state index in [4.69, 9.17) is 11.6 Å². The minimum absolute atomic E-state index is 0.233. The molecule has 1 saturated heterocycles. The van der Waals surface area contributed by atoms with E-state index in [0.717, 1.165) is 40.6 Å². The number of anilines is 2. The molecule has 2 aromatic carbocycles. The van der Waals surface area contributed by atoms with Crippen LogP contribution >= 0.6 is 11.6 Å². The minimum atomic E-state index is -0.491. The monoisotopic (exact) mass is 462 g/mol. The summed E-state index contributed by atoms with van der Waals surface area (Å²) in [5.41, 5.74) is 5.81. The zero-order valence-electron chi connectivity index (χ0n) is 19.2. The van der Waals surface area contributed by atoms with E-state index in [-0.39, 0.29) is 5.70 Å². The van der Waals surface area contributed by atoms with Crippen molar-refractivity contribution in [3.05, 3.63) is 82.3 Å². The Hall–Kier alpha value is -3.51. The van der Waals surface area contributed by atoms with Gasteiger partial charge in [0.1, 0.15) is 5.70 Å². The number of aromatic nitrogens is 1. The van der Waals surface area contributed by atoms with Gasteiger partial charge in [0.2, 0.25) is 0 Å². The van der Waals surface area contributed by atoms with Gasteiger partial charge in [-0.15, -0.1) is 0 Å². The molecule has 0 unspecified atom stereocenters. The third-order valence-electron chi connectivity index (χ3n) is 5.95. The largest absolute Gasteiger partial charge is 0.372 e. The molecule has 1 aliphatic rings. The molecule has 4 rings (SSSR count). The van der Waals surface area contributed by atoms with Crippen LogP contribution < -0.4 is 15.1 Å². The van der Waals surface area contributed by atoms with Crippen LogP contribution in [0.1, 0.15) is 30.8 Å². The number of amides is 3. The topological polar surface area (TPSA) is 57.6 Å². The van der Waals surface area contributed by atoms with Crippen LogP contribution in [-0.4, -0.2) is 29.6 Å². The molecule has 6 nitrogen and oxygen atoms in total. The number of hydrogen-bond acceptors (Lipinski definition) is 3. The molecule has 1 fully saturated rings. The molecule has 2 heterocycles. The number of hydrogen-bond donors (Lipinski definition) is 1. The Morgan fingerprint density at radius 2 is 1.67 bits per heavy atom. The number of benzene rings is 2. The molecule has 0 saturated carbocycles. The second-order valence-corrected chi connectivity index (χ2v) is 8.40. The summed E-state index contributed by atoms with van der Waals surface area (Å²) >= 11 is 6.04. The summed E-state index contributed by atoms with van der Waals surface area (Å²) in [7, 11) is 0. The van der Waals surface area contributed by atoms with E-state index in [1.54, 1.807) is 30.3 Å². The third kappa shape index (κ3) is 4.26. The SMILES string of the molecule is CCN(CC)c1ccc(-n2c(C)cc(/C=C3/NC(=O)N(c4cccc(Cl)c4)C3=O)c2C)cc1. The molecule has 0 atom stereocenters. The number of carbonyl (C=O) groups excluding carboxylic acids is 2. The van der Waals surface area contributed by atoms with Crippen molar-refractivity contribution in [2.75, 3.05) is 22.9 Å². The van der Waals surface area contributed by atoms with Crippen LogP contribution in [0.15, 0.2) is 60.3 Å². The summed E-state index contributed by atoms with van der Waals surface area (Å²) in [4.78, 5) is 28.9. The summed E-state index contributed by atoms with van der Waals surface area (Å²) in [6, 6.07) is 16.7. The number of imide groups is 1. The van der Waals surface area contributed by atoms with Crippen molar-refractivity contribution in [1.82, 2.24) is 9.88 Å². The van der Waals surface area contributed by atoms with E-state index >= 15 is 0 Å². The fourth-order valence-electron chi connectivity index (χ4n) is 4.27. The van der Waals surface area contributed by atoms with Gasteiger partial charge in [0, 0.05) is 40.9 Å². The summed E-state index contributed by atoms with van der Waals surface area (Å²) in [6.07, 6.45) is 1.73. The highest BCUT2D eigenvalue weighted by molar-refractivity contribution is 6.32. The van der Waals surface area contributed by atoms with E-state index in [9.17, 15) is 9.59 Å². The van der Waals surface area contributed by atoms with E-state index in [0.29, 0.717) is 10.7 Å². The van der Waals surface area contributed by atoms with Gasteiger partial charge >= 0.3 is 6.03 Å². The second-order valence-electron chi connectivity index (χ2n) is 7.96. The van der Waals surface area contributed by atoms with E-state index in [1.807, 2.05) is 19.9 Å². The highest BCUT2D eigenvalue weighted by atomic mass is 35.5. The maximum absolute atomic E-state index is 13.0. The molecular weight excluding hydrogens is 436 g/mol. The average molecular weight is 463 g/mol. The first-order valence-corrected chi connectivity index (χ1v) is 11.4. The first-order valence-electron chi connectivity index (χ1n) is 11.0. The Kier molecular flexibility index (Phi) is 6.29. The van der Waals surface area contributed by atoms with Crippen LogP contribution in [0, 0.1) is 13.8 Å². The quantitative estimate of drug-likeness (QED) is 0.378. The van der Waals surface area contributed by atoms with Crippen LogP contribution in [0.25, 0.3) is 11.8 Å². The van der Waals surface area contributed by atoms with Gasteiger partial charge in [-0.05, 0) is 87.9 Å². The third-order valence-corrected chi connectivity index (χ3v) is 6.19. The van der Waals surface area contributed by atoms with Gasteiger partial charge in [-0.25, -0.2) is 9.69 Å². The lowest BCUT2D eigenvalue weighted by molar-refractivity contribution is -0.113. The molecule has 170 valence electrons. The lowest BCUT2D eigenvalue weighted by Gasteiger charge is -2.21. The molecule has 0 radical (unpaired) electrons. The van der Waals surface area contributed by atoms with Crippen LogP contribution in [0.2, 0.25) is 5.02 Å². The van der Waals surface area contributed by atoms with Gasteiger partial charge in [-0.2, -0.15) is 0 Å². The van der Waals surface area contributed by atoms with Gasteiger partial charge in [-0.3, -0.25) is 4.79 Å². The zero-order valence-corrected chi connectivity index (χ0v) is 20.0. The van der Waals surface area contributed by atoms with Gasteiger partial charge in [0.05, 0.1) is 5.69 Å². The number of halogens is 1. The molecule has 1 aliphatic heterocycles. The molecule has 0 bridgehead atoms. The van der Waals surface area contributed by atoms with Crippen LogP contribution in [0.5, 0.6) is 0 Å². The molecule has 0 aliphatic carbocycles. The molecule has 3 amide bonds. The number of urea groups is 1. The zero-order chi connectivity index (χ0) is 23.7. The summed E-state index contributed by atoms with van der Waals surface area (Å²) in [6.45, 7) is 10.2. The Morgan fingerprint density at radius 1 is 0.970 bits per heavy atom. The number of aryl methyl sites for hydroxylation is 1. The van der Waals surface area contributed by atoms with E-state index in [2.05, 4.69) is 52.9 Å². The summed E-state index contributed by atoms with van der Waals surface area (Å²) < 4.78 is 2.15. The minimum Gasteiger partial charge on any atom is -0.372 e. The first kappa shape index (κ1) is 22.7. The van der Waals surface area contributed by atoms with Gasteiger partial charge in [-0.1, -0.05) is 17.7 Å². The molecule has 1 N–H and O–H groups in total. The van der Waals surface area contributed by atoms with Crippen molar-refractivity contribution >= 4 is 41.0 Å². The number of carbonyl (C=O) groups is 2. The normalized spacial score (nSPS) is 14.8. The molecule has 0 spiro atoms. The molecular formula is C26H27ClN4O2. The summed E-state index contributed by atoms with van der Waals surface area (Å²) in [5.74, 6) is -0.407. The standard InChI is InChI=1S/C26H27ClN4O2/c1-5-29(6-2)21-10-12-22(13-11-21)30-17(3)14-19(18(30)4)15-24-25(32)31(26(33)28-24)23-9-7-8-20(27)16-23/h7-16H,5-6H2,1-4H3,(H,28,33)/b24-15+. The maximum atomic E-state index is 13.0. The second kappa shape index (κ2) is 9.16. The van der Waals surface area contributed by atoms with Crippen molar-refractivity contribution in [3.8, 4) is 5.69 Å². The molecule has 3 aromatic rings. The van der Waals surface area contributed by atoms with Crippen molar-refractivity contribution < 1.29 is 9.59 Å². The average Bonchev–Trinajstić information content (AvgIpc) is 3.23. The van der Waals surface area contributed by atoms with Crippen LogP contribution in [-0.2, 0) is 4.79 Å². The van der Waals surface area contributed by atoms with Crippen molar-refractivity contribution in [1.29, 1.82) is 0 Å². The van der Waals surface area contributed by atoms with E-state index < -0.39 is 11.9 Å². The highest BCUT2D eigenvalue weighted by Gasteiger charge is 2.35. The Balaban J connectivity index is 1.65. The summed E-state index contributed by atoms with van der Waals surface area (Å²) in [5, 5.41) is 3.15.